The largest absolute Gasteiger partial charge is 0.497 e. The van der Waals surface area contributed by atoms with E-state index >= 15 is 0 Å². The molecule has 0 unspecified atom stereocenters. The Morgan fingerprint density at radius 3 is 2.42 bits per heavy atom. The van der Waals surface area contributed by atoms with Crippen molar-refractivity contribution in [3.63, 3.8) is 0 Å². The second kappa shape index (κ2) is 8.54. The number of nitrogens with zero attached hydrogens (tertiary/aromatic N) is 2. The average Bonchev–Trinajstić information content (AvgIpc) is 2.61. The first kappa shape index (κ1) is 18.1. The predicted octanol–water partition coefficient (Wildman–Crippen LogP) is 1.20. The molecule has 1 aliphatic heterocycles. The van der Waals surface area contributed by atoms with Crippen molar-refractivity contribution >= 4 is 17.5 Å². The number of nitrogens with one attached hydrogen (secondary N) is 1. The predicted molar refractivity (Wildman–Crippen MR) is 91.5 cm³/mol. The standard InChI is InChI=1S/C17H25N3O4/c1-4-19-7-9-20(10-8-19)17(22)12-16(21)18-14-11-13(23-2)5-6-15(14)24-3/h5-6,11H,4,7-10,12H2,1-3H3,(H,18,21). The van der Waals surface area contributed by atoms with E-state index in [-0.39, 0.29) is 18.2 Å². The summed E-state index contributed by atoms with van der Waals surface area (Å²) in [6.07, 6.45) is -0.174. The van der Waals surface area contributed by atoms with Crippen LogP contribution in [0.2, 0.25) is 0 Å². The van der Waals surface area contributed by atoms with Gasteiger partial charge in [0.15, 0.2) is 0 Å². The van der Waals surface area contributed by atoms with E-state index in [1.54, 1.807) is 30.2 Å². The Bertz CT molecular complexity index is 583. The number of carbonyl (C=O) groups is 2. The first-order chi connectivity index (χ1) is 11.6. The SMILES string of the molecule is CCN1CCN(C(=O)CC(=O)Nc2cc(OC)ccc2OC)CC1. The van der Waals surface area contributed by atoms with Gasteiger partial charge in [0.2, 0.25) is 11.8 Å². The molecule has 7 nitrogen and oxygen atoms in total. The summed E-state index contributed by atoms with van der Waals surface area (Å²) in [4.78, 5) is 28.5. The first-order valence-corrected chi connectivity index (χ1v) is 8.09. The number of amides is 2. The number of hydrogen-bond donors (Lipinski definition) is 1. The van der Waals surface area contributed by atoms with Crippen LogP contribution in [0.25, 0.3) is 0 Å². The molecule has 7 heteroatoms. The maximum absolute atomic E-state index is 12.3. The molecule has 1 heterocycles. The third-order valence-electron chi connectivity index (χ3n) is 4.16. The molecule has 0 radical (unpaired) electrons. The Hall–Kier alpha value is -2.28. The summed E-state index contributed by atoms with van der Waals surface area (Å²) in [5.41, 5.74) is 0.491. The van der Waals surface area contributed by atoms with E-state index in [9.17, 15) is 9.59 Å². The molecule has 1 aromatic rings. The molecule has 1 aromatic carbocycles. The molecule has 1 N–H and O–H groups in total. The number of benzene rings is 1. The molecule has 1 fully saturated rings. The van der Waals surface area contributed by atoms with Gasteiger partial charge in [-0.15, -0.1) is 0 Å². The second-order valence-electron chi connectivity index (χ2n) is 5.61. The summed E-state index contributed by atoms with van der Waals surface area (Å²) in [6, 6.07) is 5.12. The molecule has 2 amide bonds. The van der Waals surface area contributed by atoms with Crippen LogP contribution in [-0.4, -0.2) is 68.6 Å². The summed E-state index contributed by atoms with van der Waals surface area (Å²) in [6.45, 7) is 6.14. The number of likely N-dealkylation sites (N-methyl/N-ethyl adjacent to an activating group) is 1. The fourth-order valence-corrected chi connectivity index (χ4v) is 2.67. The number of anilines is 1. The Kier molecular flexibility index (Phi) is 6.43. The van der Waals surface area contributed by atoms with Crippen LogP contribution in [-0.2, 0) is 9.59 Å². The Morgan fingerprint density at radius 2 is 1.83 bits per heavy atom. The van der Waals surface area contributed by atoms with E-state index in [0.29, 0.717) is 30.3 Å². The molecule has 0 aliphatic carbocycles. The molecule has 0 spiro atoms. The van der Waals surface area contributed by atoms with Crippen molar-refractivity contribution in [1.29, 1.82) is 0 Å². The lowest BCUT2D eigenvalue weighted by Crippen LogP contribution is -2.49. The molecule has 0 bridgehead atoms. The molecular formula is C17H25N3O4. The smallest absolute Gasteiger partial charge is 0.233 e. The van der Waals surface area contributed by atoms with E-state index in [4.69, 9.17) is 9.47 Å². The second-order valence-corrected chi connectivity index (χ2v) is 5.61. The lowest BCUT2D eigenvalue weighted by atomic mass is 10.2. The molecule has 1 aliphatic rings. The van der Waals surface area contributed by atoms with Gasteiger partial charge in [0, 0.05) is 32.2 Å². The van der Waals surface area contributed by atoms with E-state index in [0.717, 1.165) is 19.6 Å². The highest BCUT2D eigenvalue weighted by atomic mass is 16.5. The fraction of sp³-hybridized carbons (Fsp3) is 0.529. The molecule has 1 saturated heterocycles. The molecule has 132 valence electrons. The van der Waals surface area contributed by atoms with Crippen molar-refractivity contribution in [2.24, 2.45) is 0 Å². The number of rotatable bonds is 6. The highest BCUT2D eigenvalue weighted by Crippen LogP contribution is 2.28. The number of carbonyl (C=O) groups excluding carboxylic acids is 2. The Balaban J connectivity index is 1.92. The highest BCUT2D eigenvalue weighted by Gasteiger charge is 2.22. The molecule has 2 rings (SSSR count). The van der Waals surface area contributed by atoms with Crippen molar-refractivity contribution in [2.75, 3.05) is 52.3 Å². The van der Waals surface area contributed by atoms with Gasteiger partial charge in [-0.1, -0.05) is 6.92 Å². The minimum Gasteiger partial charge on any atom is -0.497 e. The van der Waals surface area contributed by atoms with E-state index in [2.05, 4.69) is 17.1 Å². The minimum absolute atomic E-state index is 0.148. The van der Waals surface area contributed by atoms with Crippen LogP contribution in [0.5, 0.6) is 11.5 Å². The summed E-state index contributed by atoms with van der Waals surface area (Å²) < 4.78 is 10.4. The van der Waals surface area contributed by atoms with Gasteiger partial charge in [-0.3, -0.25) is 9.59 Å². The van der Waals surface area contributed by atoms with E-state index < -0.39 is 0 Å². The molecular weight excluding hydrogens is 310 g/mol. The fourth-order valence-electron chi connectivity index (χ4n) is 2.67. The third kappa shape index (κ3) is 4.61. The van der Waals surface area contributed by atoms with Gasteiger partial charge in [0.1, 0.15) is 17.9 Å². The third-order valence-corrected chi connectivity index (χ3v) is 4.16. The zero-order valence-corrected chi connectivity index (χ0v) is 14.5. The molecule has 0 aromatic heterocycles. The minimum atomic E-state index is -0.357. The summed E-state index contributed by atoms with van der Waals surface area (Å²) in [7, 11) is 3.07. The monoisotopic (exact) mass is 335 g/mol. The van der Waals surface area contributed by atoms with Gasteiger partial charge in [-0.2, -0.15) is 0 Å². The first-order valence-electron chi connectivity index (χ1n) is 8.09. The van der Waals surface area contributed by atoms with Crippen LogP contribution in [0.1, 0.15) is 13.3 Å². The zero-order valence-electron chi connectivity index (χ0n) is 14.5. The maximum Gasteiger partial charge on any atom is 0.233 e. The molecule has 0 atom stereocenters. The number of ether oxygens (including phenoxy) is 2. The lowest BCUT2D eigenvalue weighted by molar-refractivity contribution is -0.136. The van der Waals surface area contributed by atoms with Crippen LogP contribution in [0.15, 0.2) is 18.2 Å². The van der Waals surface area contributed by atoms with Gasteiger partial charge in [-0.05, 0) is 18.7 Å². The van der Waals surface area contributed by atoms with Crippen molar-refractivity contribution in [1.82, 2.24) is 9.80 Å². The van der Waals surface area contributed by atoms with Gasteiger partial charge in [-0.25, -0.2) is 0 Å². The number of piperazine rings is 1. The van der Waals surface area contributed by atoms with Crippen LogP contribution in [0.4, 0.5) is 5.69 Å². The average molecular weight is 335 g/mol. The van der Waals surface area contributed by atoms with Crippen LogP contribution in [0.3, 0.4) is 0 Å². The quantitative estimate of drug-likeness (QED) is 0.791. The van der Waals surface area contributed by atoms with Crippen molar-refractivity contribution in [2.45, 2.75) is 13.3 Å². The number of methoxy groups -OCH3 is 2. The van der Waals surface area contributed by atoms with Crippen LogP contribution in [0, 0.1) is 0 Å². The van der Waals surface area contributed by atoms with Gasteiger partial charge in [0.25, 0.3) is 0 Å². The van der Waals surface area contributed by atoms with Gasteiger partial charge < -0.3 is 24.6 Å². The van der Waals surface area contributed by atoms with Crippen LogP contribution < -0.4 is 14.8 Å². The van der Waals surface area contributed by atoms with E-state index in [1.807, 2.05) is 0 Å². The van der Waals surface area contributed by atoms with E-state index in [1.165, 1.54) is 7.11 Å². The Labute approximate surface area is 142 Å². The lowest BCUT2D eigenvalue weighted by Gasteiger charge is -2.34. The normalized spacial score (nSPS) is 15.0. The van der Waals surface area contributed by atoms with Crippen molar-refractivity contribution in [3.05, 3.63) is 18.2 Å². The molecule has 24 heavy (non-hydrogen) atoms. The van der Waals surface area contributed by atoms with Crippen molar-refractivity contribution in [3.8, 4) is 11.5 Å². The molecule has 0 saturated carbocycles. The zero-order chi connectivity index (χ0) is 17.5. The number of hydrogen-bond acceptors (Lipinski definition) is 5. The van der Waals surface area contributed by atoms with Gasteiger partial charge >= 0.3 is 0 Å². The topological polar surface area (TPSA) is 71.1 Å². The van der Waals surface area contributed by atoms with Crippen LogP contribution >= 0.6 is 0 Å². The Morgan fingerprint density at radius 1 is 1.12 bits per heavy atom. The van der Waals surface area contributed by atoms with Gasteiger partial charge in [0.05, 0.1) is 19.9 Å². The highest BCUT2D eigenvalue weighted by molar-refractivity contribution is 6.04. The van der Waals surface area contributed by atoms with Crippen molar-refractivity contribution < 1.29 is 19.1 Å². The summed E-state index contributed by atoms with van der Waals surface area (Å²) in [5.74, 6) is 0.621. The summed E-state index contributed by atoms with van der Waals surface area (Å²) in [5, 5.41) is 2.72. The maximum atomic E-state index is 12.3. The summed E-state index contributed by atoms with van der Waals surface area (Å²) >= 11 is 0.